The first-order valence-electron chi connectivity index (χ1n) is 6.44. The Kier molecular flexibility index (Phi) is 3.02. The van der Waals surface area contributed by atoms with Crippen molar-refractivity contribution in [3.63, 3.8) is 0 Å². The average Bonchev–Trinajstić information content (AvgIpc) is 2.75. The quantitative estimate of drug-likeness (QED) is 0.714. The lowest BCUT2D eigenvalue weighted by atomic mass is 10.1. The summed E-state index contributed by atoms with van der Waals surface area (Å²) in [4.78, 5) is 8.67. The van der Waals surface area contributed by atoms with Gasteiger partial charge >= 0.3 is 0 Å². The maximum Gasteiger partial charge on any atom is 0.213 e. The van der Waals surface area contributed by atoms with Gasteiger partial charge in [-0.3, -0.25) is 4.98 Å². The Morgan fingerprint density at radius 1 is 1.25 bits per heavy atom. The number of anilines is 2. The number of nitrogens with zero attached hydrogens (tertiary/aromatic N) is 2. The highest BCUT2D eigenvalue weighted by molar-refractivity contribution is 5.92. The molecule has 0 amide bonds. The summed E-state index contributed by atoms with van der Waals surface area (Å²) in [6.45, 7) is 4.39. The minimum atomic E-state index is 0.540. The Morgan fingerprint density at radius 2 is 2.10 bits per heavy atom. The fraction of sp³-hybridized carbons (Fsp3) is 0.200. The molecule has 0 fully saturated rings. The highest BCUT2D eigenvalue weighted by atomic mass is 16.4. The lowest BCUT2D eigenvalue weighted by Crippen LogP contribution is -2.01. The van der Waals surface area contributed by atoms with E-state index >= 15 is 0 Å². The van der Waals surface area contributed by atoms with Gasteiger partial charge in [0.05, 0.1) is 17.8 Å². The Balaban J connectivity index is 1.87. The predicted molar refractivity (Wildman–Crippen MR) is 79.5 cm³/mol. The second-order valence-corrected chi connectivity index (χ2v) is 4.74. The molecule has 1 aromatic carbocycles. The van der Waals surface area contributed by atoms with Gasteiger partial charge in [0.25, 0.3) is 0 Å². The number of nitrogens with two attached hydrogens (primary N) is 1. The van der Waals surface area contributed by atoms with Crippen molar-refractivity contribution in [2.75, 3.05) is 11.1 Å². The van der Waals surface area contributed by atoms with Crippen molar-refractivity contribution in [1.82, 2.24) is 9.97 Å². The van der Waals surface area contributed by atoms with Crippen molar-refractivity contribution in [2.24, 2.45) is 0 Å². The summed E-state index contributed by atoms with van der Waals surface area (Å²) in [5.74, 6) is 1.54. The molecule has 0 spiro atoms. The number of oxazole rings is 1. The standard InChI is InChI=1S/C15H16N4O/c1-9-10(2)20-15(19-9)8-18-13-5-6-17-14-7-11(16)3-4-12(13)14/h3-7H,8,16H2,1-2H3,(H,17,18). The Bertz CT molecular complexity index is 744. The molecule has 102 valence electrons. The molecule has 0 unspecified atom stereocenters. The Labute approximate surface area is 116 Å². The number of pyridine rings is 1. The molecular weight excluding hydrogens is 252 g/mol. The summed E-state index contributed by atoms with van der Waals surface area (Å²) >= 11 is 0. The molecule has 3 N–H and O–H groups in total. The van der Waals surface area contributed by atoms with E-state index in [2.05, 4.69) is 15.3 Å². The van der Waals surface area contributed by atoms with Crippen LogP contribution in [0.15, 0.2) is 34.9 Å². The summed E-state index contributed by atoms with van der Waals surface area (Å²) < 4.78 is 5.56. The van der Waals surface area contributed by atoms with Crippen LogP contribution < -0.4 is 11.1 Å². The molecule has 2 aromatic heterocycles. The van der Waals surface area contributed by atoms with Crippen LogP contribution in [-0.4, -0.2) is 9.97 Å². The molecule has 2 heterocycles. The number of hydrogen-bond donors (Lipinski definition) is 2. The zero-order valence-corrected chi connectivity index (χ0v) is 11.5. The summed E-state index contributed by atoms with van der Waals surface area (Å²) in [6, 6.07) is 7.63. The second-order valence-electron chi connectivity index (χ2n) is 4.74. The Morgan fingerprint density at radius 3 is 2.85 bits per heavy atom. The minimum absolute atomic E-state index is 0.540. The first kappa shape index (κ1) is 12.5. The minimum Gasteiger partial charge on any atom is -0.444 e. The number of benzene rings is 1. The molecule has 5 heteroatoms. The van der Waals surface area contributed by atoms with E-state index in [0.717, 1.165) is 28.0 Å². The van der Waals surface area contributed by atoms with Crippen LogP contribution in [0.5, 0.6) is 0 Å². The molecule has 3 rings (SSSR count). The van der Waals surface area contributed by atoms with Crippen LogP contribution in [0, 0.1) is 13.8 Å². The molecule has 0 saturated heterocycles. The zero-order chi connectivity index (χ0) is 14.1. The highest BCUT2D eigenvalue weighted by Gasteiger charge is 2.07. The van der Waals surface area contributed by atoms with Crippen molar-refractivity contribution in [3.05, 3.63) is 47.8 Å². The molecule has 0 aliphatic rings. The number of nitrogens with one attached hydrogen (secondary N) is 1. The monoisotopic (exact) mass is 268 g/mol. The summed E-state index contributed by atoms with van der Waals surface area (Å²) in [5, 5.41) is 4.36. The largest absolute Gasteiger partial charge is 0.444 e. The van der Waals surface area contributed by atoms with Gasteiger partial charge in [-0.1, -0.05) is 0 Å². The van der Waals surface area contributed by atoms with Crippen LogP contribution in [0.25, 0.3) is 10.9 Å². The first-order chi connectivity index (χ1) is 9.63. The van der Waals surface area contributed by atoms with E-state index < -0.39 is 0 Å². The molecule has 0 bridgehead atoms. The molecule has 20 heavy (non-hydrogen) atoms. The van der Waals surface area contributed by atoms with E-state index in [1.54, 1.807) is 6.20 Å². The van der Waals surface area contributed by atoms with Gasteiger partial charge in [-0.15, -0.1) is 0 Å². The first-order valence-corrected chi connectivity index (χ1v) is 6.44. The molecule has 5 nitrogen and oxygen atoms in total. The molecule has 0 aliphatic carbocycles. The Hall–Kier alpha value is -2.56. The second kappa shape index (κ2) is 4.85. The van der Waals surface area contributed by atoms with Crippen molar-refractivity contribution < 1.29 is 4.42 Å². The SMILES string of the molecule is Cc1nc(CNc2ccnc3cc(N)ccc23)oc1C. The molecule has 0 atom stereocenters. The van der Waals surface area contributed by atoms with E-state index in [0.29, 0.717) is 18.1 Å². The number of hydrogen-bond acceptors (Lipinski definition) is 5. The van der Waals surface area contributed by atoms with Gasteiger partial charge in [-0.25, -0.2) is 4.98 Å². The number of nitrogen functional groups attached to an aromatic ring is 1. The van der Waals surface area contributed by atoms with E-state index in [1.165, 1.54) is 0 Å². The molecule has 3 aromatic rings. The van der Waals surface area contributed by atoms with E-state index in [9.17, 15) is 0 Å². The van der Waals surface area contributed by atoms with Gasteiger partial charge in [0.15, 0.2) is 0 Å². The van der Waals surface area contributed by atoms with Gasteiger partial charge < -0.3 is 15.5 Å². The zero-order valence-electron chi connectivity index (χ0n) is 11.5. The van der Waals surface area contributed by atoms with Crippen LogP contribution in [0.1, 0.15) is 17.3 Å². The van der Waals surface area contributed by atoms with Crippen molar-refractivity contribution in [3.8, 4) is 0 Å². The number of fused-ring (bicyclic) bond motifs is 1. The fourth-order valence-electron chi connectivity index (χ4n) is 2.10. The predicted octanol–water partition coefficient (Wildman–Crippen LogP) is 3.03. The fourth-order valence-corrected chi connectivity index (χ4v) is 2.10. The van der Waals surface area contributed by atoms with Gasteiger partial charge in [-0.2, -0.15) is 0 Å². The van der Waals surface area contributed by atoms with Crippen molar-refractivity contribution in [2.45, 2.75) is 20.4 Å². The van der Waals surface area contributed by atoms with Crippen molar-refractivity contribution >= 4 is 22.3 Å². The average molecular weight is 268 g/mol. The number of aromatic nitrogens is 2. The van der Waals surface area contributed by atoms with Crippen LogP contribution in [0.2, 0.25) is 0 Å². The lowest BCUT2D eigenvalue weighted by Gasteiger charge is -2.08. The molecular formula is C15H16N4O. The van der Waals surface area contributed by atoms with E-state index in [-0.39, 0.29) is 0 Å². The third kappa shape index (κ3) is 2.30. The molecule has 0 radical (unpaired) electrons. The molecule has 0 saturated carbocycles. The summed E-state index contributed by atoms with van der Waals surface area (Å²) in [5.41, 5.74) is 9.27. The maximum atomic E-state index is 5.77. The van der Waals surface area contributed by atoms with E-state index in [1.807, 2.05) is 38.1 Å². The van der Waals surface area contributed by atoms with Crippen LogP contribution in [-0.2, 0) is 6.54 Å². The maximum absolute atomic E-state index is 5.77. The van der Waals surface area contributed by atoms with E-state index in [4.69, 9.17) is 10.2 Å². The van der Waals surface area contributed by atoms with Gasteiger partial charge in [0.1, 0.15) is 5.76 Å². The van der Waals surface area contributed by atoms with Crippen LogP contribution >= 0.6 is 0 Å². The third-order valence-corrected chi connectivity index (χ3v) is 3.27. The summed E-state index contributed by atoms with van der Waals surface area (Å²) in [7, 11) is 0. The lowest BCUT2D eigenvalue weighted by molar-refractivity contribution is 0.478. The van der Waals surface area contributed by atoms with Crippen LogP contribution in [0.3, 0.4) is 0 Å². The topological polar surface area (TPSA) is 77.0 Å². The summed E-state index contributed by atoms with van der Waals surface area (Å²) in [6.07, 6.45) is 1.76. The normalized spacial score (nSPS) is 10.9. The van der Waals surface area contributed by atoms with Crippen molar-refractivity contribution in [1.29, 1.82) is 0 Å². The third-order valence-electron chi connectivity index (χ3n) is 3.27. The molecule has 0 aliphatic heterocycles. The highest BCUT2D eigenvalue weighted by Crippen LogP contribution is 2.23. The smallest absolute Gasteiger partial charge is 0.213 e. The van der Waals surface area contributed by atoms with Gasteiger partial charge in [0, 0.05) is 23.0 Å². The van der Waals surface area contributed by atoms with Gasteiger partial charge in [0.2, 0.25) is 5.89 Å². The van der Waals surface area contributed by atoms with Crippen LogP contribution in [0.4, 0.5) is 11.4 Å². The number of rotatable bonds is 3. The van der Waals surface area contributed by atoms with Gasteiger partial charge in [-0.05, 0) is 38.1 Å². The number of aryl methyl sites for hydroxylation is 2.